The number of sulfone groups is 1. The summed E-state index contributed by atoms with van der Waals surface area (Å²) in [6.45, 7) is 1.39. The van der Waals surface area contributed by atoms with Crippen LogP contribution in [0, 0.1) is 5.92 Å². The van der Waals surface area contributed by atoms with Gasteiger partial charge in [0.05, 0.1) is 18.1 Å². The molecule has 0 saturated carbocycles. The van der Waals surface area contributed by atoms with Crippen LogP contribution in [0.3, 0.4) is 0 Å². The van der Waals surface area contributed by atoms with Gasteiger partial charge in [0.15, 0.2) is 15.1 Å². The number of aliphatic hydroxyl groups excluding tert-OH is 1. The fraction of sp³-hybridized carbons (Fsp3) is 0.583. The van der Waals surface area contributed by atoms with E-state index in [0.717, 1.165) is 11.2 Å². The zero-order valence-electron chi connectivity index (χ0n) is 12.4. The Morgan fingerprint density at radius 3 is 2.39 bits per heavy atom. The topological polar surface area (TPSA) is 167 Å². The minimum Gasteiger partial charge on any atom is -0.477 e. The van der Waals surface area contributed by atoms with Crippen molar-refractivity contribution in [3.63, 3.8) is 0 Å². The number of hydrogen-bond donors (Lipinski definition) is 4. The summed E-state index contributed by atoms with van der Waals surface area (Å²) in [5, 5.41) is 17.2. The predicted octanol–water partition coefficient (Wildman–Crippen LogP) is -2.66. The highest BCUT2D eigenvalue weighted by molar-refractivity contribution is 7.92. The first-order valence-corrected chi connectivity index (χ1v) is 8.64. The second-order valence-electron chi connectivity index (χ2n) is 5.64. The van der Waals surface area contributed by atoms with Crippen molar-refractivity contribution in [3.05, 3.63) is 11.3 Å². The predicted molar refractivity (Wildman–Crippen MR) is 76.0 cm³/mol. The summed E-state index contributed by atoms with van der Waals surface area (Å²) < 4.78 is 23.8. The lowest BCUT2D eigenvalue weighted by Crippen LogP contribution is -2.61. The van der Waals surface area contributed by atoms with Gasteiger partial charge in [-0.2, -0.15) is 0 Å². The summed E-state index contributed by atoms with van der Waals surface area (Å²) in [5.41, 5.74) is 0.969. The molecule has 4 unspecified atom stereocenters. The summed E-state index contributed by atoms with van der Waals surface area (Å²) in [5.74, 6) is 0.954. The van der Waals surface area contributed by atoms with Crippen LogP contribution in [0.2, 0.25) is 0 Å². The molecule has 1 fully saturated rings. The summed E-state index contributed by atoms with van der Waals surface area (Å²) in [4.78, 5) is 36.3. The van der Waals surface area contributed by atoms with E-state index < -0.39 is 56.6 Å². The van der Waals surface area contributed by atoms with E-state index in [2.05, 4.69) is 0 Å². The number of β-lactam (4-membered cyclic amide) rings is 1. The lowest BCUT2D eigenvalue weighted by atomic mass is 9.83. The Balaban J connectivity index is 2.54. The lowest BCUT2D eigenvalue weighted by Gasteiger charge is -2.44. The number of hydrazine groups is 1. The second-order valence-corrected chi connectivity index (χ2v) is 7.77. The van der Waals surface area contributed by atoms with Crippen molar-refractivity contribution >= 4 is 27.6 Å². The third kappa shape index (κ3) is 2.60. The summed E-state index contributed by atoms with van der Waals surface area (Å²) >= 11 is 0. The first kappa shape index (κ1) is 17.4. The van der Waals surface area contributed by atoms with Crippen LogP contribution >= 0.6 is 0 Å². The normalized spacial score (nSPS) is 26.4. The van der Waals surface area contributed by atoms with Gasteiger partial charge in [0.2, 0.25) is 5.91 Å². The Hall–Kier alpha value is -1.98. The molecule has 0 aliphatic carbocycles. The van der Waals surface area contributed by atoms with Crippen LogP contribution in [0.5, 0.6) is 0 Å². The van der Waals surface area contributed by atoms with Crippen LogP contribution in [0.25, 0.3) is 0 Å². The third-order valence-electron chi connectivity index (χ3n) is 4.09. The molecule has 0 bridgehead atoms. The molecule has 2 heterocycles. The SMILES string of the molecule is CC(O)C1C(=O)N2C(C(=O)O)=C(C(C(=O)NN)S(C)(=O)=O)CC12. The third-order valence-corrected chi connectivity index (χ3v) is 5.45. The van der Waals surface area contributed by atoms with E-state index >= 15 is 0 Å². The fourth-order valence-electron chi connectivity index (χ4n) is 3.22. The largest absolute Gasteiger partial charge is 0.477 e. The van der Waals surface area contributed by atoms with Gasteiger partial charge in [-0.15, -0.1) is 0 Å². The van der Waals surface area contributed by atoms with Crippen molar-refractivity contribution in [1.29, 1.82) is 0 Å². The number of fused-ring (bicyclic) bond motifs is 1. The van der Waals surface area contributed by atoms with Crippen molar-refractivity contribution in [2.45, 2.75) is 30.7 Å². The van der Waals surface area contributed by atoms with Crippen molar-refractivity contribution in [3.8, 4) is 0 Å². The van der Waals surface area contributed by atoms with Crippen LogP contribution in [-0.2, 0) is 24.2 Å². The van der Waals surface area contributed by atoms with Crippen molar-refractivity contribution in [2.75, 3.05) is 6.26 Å². The van der Waals surface area contributed by atoms with Crippen molar-refractivity contribution in [1.82, 2.24) is 10.3 Å². The number of nitrogens with two attached hydrogens (primary N) is 1. The first-order chi connectivity index (χ1) is 10.5. The molecule has 0 aromatic heterocycles. The molecule has 128 valence electrons. The van der Waals surface area contributed by atoms with Crippen LogP contribution in [-0.4, -0.2) is 65.0 Å². The second kappa shape index (κ2) is 5.58. The van der Waals surface area contributed by atoms with Gasteiger partial charge >= 0.3 is 5.97 Å². The molecular formula is C12H17N3O7S. The maximum atomic E-state index is 12.1. The average molecular weight is 347 g/mol. The molecule has 2 rings (SSSR count). The quantitative estimate of drug-likeness (QED) is 0.181. The van der Waals surface area contributed by atoms with Gasteiger partial charge < -0.3 is 15.1 Å². The number of aliphatic carboxylic acids is 1. The number of amides is 2. The molecule has 11 heteroatoms. The molecule has 4 atom stereocenters. The zero-order chi connectivity index (χ0) is 17.7. The Kier molecular flexibility index (Phi) is 4.22. The Morgan fingerprint density at radius 1 is 1.43 bits per heavy atom. The Labute approximate surface area is 131 Å². The monoisotopic (exact) mass is 347 g/mol. The van der Waals surface area contributed by atoms with Gasteiger partial charge in [-0.1, -0.05) is 0 Å². The van der Waals surface area contributed by atoms with Gasteiger partial charge in [0, 0.05) is 6.26 Å². The van der Waals surface area contributed by atoms with Crippen LogP contribution in [0.4, 0.5) is 0 Å². The molecule has 0 radical (unpaired) electrons. The van der Waals surface area contributed by atoms with E-state index in [4.69, 9.17) is 5.84 Å². The lowest BCUT2D eigenvalue weighted by molar-refractivity contribution is -0.161. The fourth-order valence-corrected chi connectivity index (χ4v) is 4.41. The van der Waals surface area contributed by atoms with Gasteiger partial charge in [0.1, 0.15) is 5.70 Å². The summed E-state index contributed by atoms with van der Waals surface area (Å²) in [7, 11) is -4.01. The van der Waals surface area contributed by atoms with E-state index in [-0.39, 0.29) is 12.0 Å². The van der Waals surface area contributed by atoms with E-state index in [0.29, 0.717) is 0 Å². The number of carboxylic acid groups (broad SMARTS) is 1. The van der Waals surface area contributed by atoms with E-state index in [1.54, 1.807) is 5.43 Å². The van der Waals surface area contributed by atoms with Crippen LogP contribution in [0.1, 0.15) is 13.3 Å². The minimum atomic E-state index is -4.01. The average Bonchev–Trinajstić information content (AvgIpc) is 2.71. The Morgan fingerprint density at radius 2 is 2.00 bits per heavy atom. The van der Waals surface area contributed by atoms with Gasteiger partial charge in [-0.25, -0.2) is 19.1 Å². The maximum absolute atomic E-state index is 12.1. The summed E-state index contributed by atoms with van der Waals surface area (Å²) in [6.07, 6.45) is -0.366. The smallest absolute Gasteiger partial charge is 0.352 e. The minimum absolute atomic E-state index is 0.131. The van der Waals surface area contributed by atoms with Crippen molar-refractivity contribution in [2.24, 2.45) is 11.8 Å². The molecule has 10 nitrogen and oxygen atoms in total. The van der Waals surface area contributed by atoms with Crippen LogP contribution in [0.15, 0.2) is 11.3 Å². The van der Waals surface area contributed by atoms with Crippen molar-refractivity contribution < 1.29 is 33.0 Å². The molecule has 0 spiro atoms. The van der Waals surface area contributed by atoms with E-state index in [1.165, 1.54) is 6.92 Å². The first-order valence-electron chi connectivity index (χ1n) is 6.69. The molecule has 0 aromatic rings. The molecular weight excluding hydrogens is 330 g/mol. The number of nitrogens with one attached hydrogen (secondary N) is 1. The highest BCUT2D eigenvalue weighted by atomic mass is 32.2. The number of rotatable bonds is 5. The zero-order valence-corrected chi connectivity index (χ0v) is 13.2. The number of carbonyl (C=O) groups is 3. The number of carboxylic acids is 1. The van der Waals surface area contributed by atoms with Gasteiger partial charge in [0.25, 0.3) is 5.91 Å². The number of carbonyl (C=O) groups excluding carboxylic acids is 2. The van der Waals surface area contributed by atoms with Crippen LogP contribution < -0.4 is 11.3 Å². The molecule has 5 N–H and O–H groups in total. The molecule has 0 aromatic carbocycles. The highest BCUT2D eigenvalue weighted by Crippen LogP contribution is 2.45. The number of nitrogens with zero attached hydrogens (tertiary/aromatic N) is 1. The molecule has 2 aliphatic rings. The molecule has 2 aliphatic heterocycles. The van der Waals surface area contributed by atoms with Gasteiger partial charge in [-0.05, 0) is 18.9 Å². The van der Waals surface area contributed by atoms with E-state index in [9.17, 15) is 33.0 Å². The summed E-state index contributed by atoms with van der Waals surface area (Å²) in [6, 6.07) is -0.682. The highest BCUT2D eigenvalue weighted by Gasteiger charge is 2.58. The molecule has 2 amide bonds. The van der Waals surface area contributed by atoms with E-state index in [1.807, 2.05) is 0 Å². The Bertz CT molecular complexity index is 712. The maximum Gasteiger partial charge on any atom is 0.352 e. The van der Waals surface area contributed by atoms with Gasteiger partial charge in [-0.3, -0.25) is 15.0 Å². The molecule has 1 saturated heterocycles. The molecule has 23 heavy (non-hydrogen) atoms. The number of hydrogen-bond acceptors (Lipinski definition) is 7. The standard InChI is InChI=1S/C12H17N3O7S/c1-4(16)7-6-3-5(8(12(19)20)15(6)11(7)18)9(10(17)14-13)23(2,21)22/h4,6-7,9,16H,3,13H2,1-2H3,(H,14,17)(H,19,20). The number of aliphatic hydroxyl groups is 1.